The number of phosphoric ester groups is 1. The summed E-state index contributed by atoms with van der Waals surface area (Å²) in [5.74, 6) is -0.822. The van der Waals surface area contributed by atoms with Gasteiger partial charge in [-0.1, -0.05) is 242 Å². The first kappa shape index (κ1) is 66.0. The number of quaternary nitrogens is 1. The number of ether oxygens (including phenoxy) is 2. The summed E-state index contributed by atoms with van der Waals surface area (Å²) in [7, 11) is 1.18. The van der Waals surface area contributed by atoms with E-state index >= 15 is 0 Å². The van der Waals surface area contributed by atoms with Gasteiger partial charge in [0.25, 0.3) is 7.82 Å². The van der Waals surface area contributed by atoms with Crippen molar-refractivity contribution in [2.75, 3.05) is 47.5 Å². The molecule has 398 valence electrons. The van der Waals surface area contributed by atoms with Crippen molar-refractivity contribution < 1.29 is 42.1 Å². The standard InChI is InChI=1S/C58H108NO8P/c1-6-8-10-12-14-16-18-20-21-22-23-24-25-26-27-28-29-30-31-32-33-34-35-36-37-39-41-43-45-47-49-51-58(61)67-56(55-66-68(62,63)65-53-52-59(3,4)5)54-64-57(60)50-48-46-44-42-40-38-19-17-15-13-11-9-7-2/h8,10,14,16,20-21,23-24,56H,6-7,9,11-13,15,17-19,22,25-55H2,1-5H3/b10-8-,16-14-,21-20-,24-23-. The zero-order valence-corrected chi connectivity index (χ0v) is 45.9. The molecule has 0 aromatic carbocycles. The molecule has 0 spiro atoms. The zero-order valence-electron chi connectivity index (χ0n) is 45.1. The second-order valence-electron chi connectivity index (χ2n) is 20.3. The number of hydrogen-bond acceptors (Lipinski definition) is 8. The van der Waals surface area contributed by atoms with Crippen molar-refractivity contribution in [3.63, 3.8) is 0 Å². The molecule has 0 saturated carbocycles. The van der Waals surface area contributed by atoms with E-state index in [0.717, 1.165) is 64.2 Å². The Bertz CT molecular complexity index is 1290. The van der Waals surface area contributed by atoms with Gasteiger partial charge in [0.15, 0.2) is 6.10 Å². The molecule has 0 aliphatic heterocycles. The van der Waals surface area contributed by atoms with Crippen molar-refractivity contribution in [3.05, 3.63) is 48.6 Å². The molecule has 0 aliphatic carbocycles. The van der Waals surface area contributed by atoms with Crippen LogP contribution in [0.3, 0.4) is 0 Å². The minimum absolute atomic E-state index is 0.0288. The van der Waals surface area contributed by atoms with Gasteiger partial charge in [-0.25, -0.2) is 0 Å². The fourth-order valence-electron chi connectivity index (χ4n) is 8.00. The number of rotatable bonds is 52. The lowest BCUT2D eigenvalue weighted by molar-refractivity contribution is -0.870. The van der Waals surface area contributed by atoms with Crippen LogP contribution in [0.1, 0.15) is 258 Å². The molecule has 0 heterocycles. The van der Waals surface area contributed by atoms with Gasteiger partial charge in [-0.3, -0.25) is 14.2 Å². The maximum atomic E-state index is 12.8. The molecule has 68 heavy (non-hydrogen) atoms. The highest BCUT2D eigenvalue weighted by atomic mass is 31.2. The third kappa shape index (κ3) is 53.3. The molecule has 0 rings (SSSR count). The Morgan fingerprint density at radius 3 is 1.25 bits per heavy atom. The van der Waals surface area contributed by atoms with Crippen molar-refractivity contribution in [2.24, 2.45) is 0 Å². The highest BCUT2D eigenvalue weighted by Crippen LogP contribution is 2.38. The van der Waals surface area contributed by atoms with Crippen LogP contribution < -0.4 is 4.89 Å². The highest BCUT2D eigenvalue weighted by Gasteiger charge is 2.22. The molecule has 0 saturated heterocycles. The van der Waals surface area contributed by atoms with Gasteiger partial charge in [0.2, 0.25) is 0 Å². The molecule has 0 fully saturated rings. The molecular formula is C58H108NO8P. The average molecular weight is 978 g/mol. The SMILES string of the molecule is CC/C=C\C/C=C\C/C=C\C/C=C\CCCCCCCCCCCCCCCCCCCCC(=O)OC(COC(=O)CCCCCCCCCCCCCCC)COP(=O)([O-])OCC[N+](C)(C)C. The second kappa shape index (κ2) is 49.9. The van der Waals surface area contributed by atoms with E-state index in [0.29, 0.717) is 17.4 Å². The van der Waals surface area contributed by atoms with Gasteiger partial charge in [-0.2, -0.15) is 0 Å². The van der Waals surface area contributed by atoms with E-state index in [1.165, 1.54) is 161 Å². The molecule has 0 aliphatic rings. The summed E-state index contributed by atoms with van der Waals surface area (Å²) < 4.78 is 34.1. The smallest absolute Gasteiger partial charge is 0.306 e. The minimum atomic E-state index is -4.63. The number of carbonyl (C=O) groups is 2. The highest BCUT2D eigenvalue weighted by molar-refractivity contribution is 7.45. The Kier molecular flexibility index (Phi) is 48.4. The number of carbonyl (C=O) groups excluding carboxylic acids is 2. The number of esters is 2. The fraction of sp³-hybridized carbons (Fsp3) is 0.828. The number of phosphoric acid groups is 1. The van der Waals surface area contributed by atoms with Crippen molar-refractivity contribution >= 4 is 19.8 Å². The van der Waals surface area contributed by atoms with E-state index in [1.54, 1.807) is 0 Å². The molecule has 10 heteroatoms. The van der Waals surface area contributed by atoms with Gasteiger partial charge < -0.3 is 27.9 Å². The largest absolute Gasteiger partial charge is 0.756 e. The van der Waals surface area contributed by atoms with Crippen LogP contribution in [0.4, 0.5) is 0 Å². The molecule has 0 aromatic heterocycles. The van der Waals surface area contributed by atoms with E-state index in [9.17, 15) is 19.0 Å². The van der Waals surface area contributed by atoms with Gasteiger partial charge in [0.05, 0.1) is 27.7 Å². The van der Waals surface area contributed by atoms with Crippen molar-refractivity contribution in [1.82, 2.24) is 0 Å². The van der Waals surface area contributed by atoms with Gasteiger partial charge in [-0.15, -0.1) is 0 Å². The van der Waals surface area contributed by atoms with E-state index < -0.39 is 26.5 Å². The van der Waals surface area contributed by atoms with Crippen molar-refractivity contribution in [1.29, 1.82) is 0 Å². The van der Waals surface area contributed by atoms with Gasteiger partial charge in [0.1, 0.15) is 19.8 Å². The predicted octanol–water partition coefficient (Wildman–Crippen LogP) is 16.7. The van der Waals surface area contributed by atoms with Crippen LogP contribution >= 0.6 is 7.82 Å². The van der Waals surface area contributed by atoms with E-state index in [2.05, 4.69) is 62.5 Å². The number of likely N-dealkylation sites (N-methyl/N-ethyl adjacent to an activating group) is 1. The van der Waals surface area contributed by atoms with Gasteiger partial charge >= 0.3 is 11.9 Å². The van der Waals surface area contributed by atoms with Crippen LogP contribution in [0.25, 0.3) is 0 Å². The van der Waals surface area contributed by atoms with Crippen LogP contribution in [0, 0.1) is 0 Å². The Morgan fingerprint density at radius 2 is 0.838 bits per heavy atom. The summed E-state index contributed by atoms with van der Waals surface area (Å²) >= 11 is 0. The molecule has 0 aromatic rings. The van der Waals surface area contributed by atoms with Crippen LogP contribution in [0.2, 0.25) is 0 Å². The first-order valence-electron chi connectivity index (χ1n) is 28.3. The zero-order chi connectivity index (χ0) is 49.9. The quantitative estimate of drug-likeness (QED) is 0.0195. The first-order chi connectivity index (χ1) is 33.0. The van der Waals surface area contributed by atoms with Crippen LogP contribution in [-0.2, 0) is 32.7 Å². The summed E-state index contributed by atoms with van der Waals surface area (Å²) in [6, 6.07) is 0. The molecule has 2 unspecified atom stereocenters. The summed E-state index contributed by atoms with van der Waals surface area (Å²) in [5, 5.41) is 0. The number of unbranched alkanes of at least 4 members (excludes halogenated alkanes) is 30. The average Bonchev–Trinajstić information content (AvgIpc) is 3.30. The lowest BCUT2D eigenvalue weighted by Gasteiger charge is -2.28. The first-order valence-corrected chi connectivity index (χ1v) is 29.8. The second-order valence-corrected chi connectivity index (χ2v) is 21.7. The molecular weight excluding hydrogens is 870 g/mol. The van der Waals surface area contributed by atoms with Gasteiger partial charge in [-0.05, 0) is 51.4 Å². The molecule has 0 amide bonds. The summed E-state index contributed by atoms with van der Waals surface area (Å²) in [6.45, 7) is 4.15. The number of allylic oxidation sites excluding steroid dienone is 8. The number of hydrogen-bond donors (Lipinski definition) is 0. The Balaban J connectivity index is 4.03. The maximum absolute atomic E-state index is 12.8. The Morgan fingerprint density at radius 1 is 0.471 bits per heavy atom. The van der Waals surface area contributed by atoms with E-state index in [1.807, 2.05) is 21.1 Å². The fourth-order valence-corrected chi connectivity index (χ4v) is 8.73. The van der Waals surface area contributed by atoms with Gasteiger partial charge in [0, 0.05) is 12.8 Å². The summed E-state index contributed by atoms with van der Waals surface area (Å²) in [6.07, 6.45) is 61.6. The van der Waals surface area contributed by atoms with Crippen LogP contribution in [0.5, 0.6) is 0 Å². The third-order valence-corrected chi connectivity index (χ3v) is 13.3. The molecule has 0 radical (unpaired) electrons. The lowest BCUT2D eigenvalue weighted by atomic mass is 10.0. The lowest BCUT2D eigenvalue weighted by Crippen LogP contribution is -2.37. The van der Waals surface area contributed by atoms with Crippen LogP contribution in [0.15, 0.2) is 48.6 Å². The third-order valence-electron chi connectivity index (χ3n) is 12.4. The summed E-state index contributed by atoms with van der Waals surface area (Å²) in [5.41, 5.74) is 0. The van der Waals surface area contributed by atoms with Crippen molar-refractivity contribution in [3.8, 4) is 0 Å². The van der Waals surface area contributed by atoms with E-state index in [-0.39, 0.29) is 32.0 Å². The number of nitrogens with zero attached hydrogens (tertiary/aromatic N) is 1. The molecule has 0 N–H and O–H groups in total. The normalized spacial score (nSPS) is 13.7. The topological polar surface area (TPSA) is 111 Å². The monoisotopic (exact) mass is 978 g/mol. The van der Waals surface area contributed by atoms with Crippen LogP contribution in [-0.4, -0.2) is 70.0 Å². The Labute approximate surface area is 420 Å². The maximum Gasteiger partial charge on any atom is 0.306 e. The summed E-state index contributed by atoms with van der Waals surface area (Å²) in [4.78, 5) is 37.7. The van der Waals surface area contributed by atoms with E-state index in [4.69, 9.17) is 18.5 Å². The molecule has 0 bridgehead atoms. The van der Waals surface area contributed by atoms with Crippen molar-refractivity contribution in [2.45, 2.75) is 264 Å². The predicted molar refractivity (Wildman–Crippen MR) is 287 cm³/mol. The molecule has 9 nitrogen and oxygen atoms in total. The Hall–Kier alpha value is -2.03. The minimum Gasteiger partial charge on any atom is -0.756 e. The molecule has 2 atom stereocenters.